The SMILES string of the molecule is COc1ccc2sc(C(=O)Nc3nn[nH]n3)c(OC(C)C)c2c1.[Na+]. The molecule has 24 heavy (non-hydrogen) atoms. The maximum absolute atomic E-state index is 12.5. The molecule has 0 aliphatic rings. The normalized spacial score (nSPS) is 10.5. The Hall–Kier alpha value is -1.68. The number of carbonyl (C=O) groups is 1. The van der Waals surface area contributed by atoms with E-state index in [0.717, 1.165) is 10.1 Å². The van der Waals surface area contributed by atoms with E-state index in [9.17, 15) is 4.79 Å². The molecule has 3 aromatic rings. The first-order valence-corrected chi connectivity index (χ1v) is 7.72. The van der Waals surface area contributed by atoms with E-state index in [1.165, 1.54) is 11.3 Å². The summed E-state index contributed by atoms with van der Waals surface area (Å²) < 4.78 is 12.1. The molecule has 8 nitrogen and oxygen atoms in total. The zero-order chi connectivity index (χ0) is 16.4. The Labute approximate surface area is 164 Å². The van der Waals surface area contributed by atoms with Crippen LogP contribution in [0.25, 0.3) is 10.1 Å². The second-order valence-corrected chi connectivity index (χ2v) is 6.03. The van der Waals surface area contributed by atoms with Crippen LogP contribution in [0.1, 0.15) is 23.5 Å². The second kappa shape index (κ2) is 7.93. The standard InChI is InChI=1S/C14H15N5O3S.Na/c1-7(2)22-11-9-6-8(21-3)4-5-10(9)23-12(11)13(20)15-14-16-18-19-17-14;/h4-7H,1-3H3,(H2,15,16,17,18,19,20);/q;+1. The molecule has 0 radical (unpaired) electrons. The number of carbonyl (C=O) groups excluding carboxylic acids is 1. The molecule has 0 saturated carbocycles. The van der Waals surface area contributed by atoms with Crippen molar-refractivity contribution in [3.05, 3.63) is 23.1 Å². The van der Waals surface area contributed by atoms with Crippen LogP contribution in [0.2, 0.25) is 0 Å². The molecule has 0 aliphatic heterocycles. The Morgan fingerprint density at radius 3 is 2.79 bits per heavy atom. The first-order chi connectivity index (χ1) is 11.1. The van der Waals surface area contributed by atoms with Crippen LogP contribution in [0, 0.1) is 0 Å². The van der Waals surface area contributed by atoms with Gasteiger partial charge in [-0.3, -0.25) is 10.1 Å². The van der Waals surface area contributed by atoms with E-state index in [0.29, 0.717) is 16.4 Å². The van der Waals surface area contributed by atoms with Crippen molar-refractivity contribution >= 4 is 33.3 Å². The van der Waals surface area contributed by atoms with Crippen molar-refractivity contribution in [3.63, 3.8) is 0 Å². The topological polar surface area (TPSA) is 102 Å². The molecule has 2 aromatic heterocycles. The van der Waals surface area contributed by atoms with Gasteiger partial charge in [-0.25, -0.2) is 0 Å². The van der Waals surface area contributed by atoms with Crippen LogP contribution in [-0.4, -0.2) is 39.7 Å². The van der Waals surface area contributed by atoms with E-state index in [1.54, 1.807) is 7.11 Å². The van der Waals surface area contributed by atoms with Crippen LogP contribution < -0.4 is 44.3 Å². The Balaban J connectivity index is 0.00000208. The van der Waals surface area contributed by atoms with Crippen LogP contribution in [0.3, 0.4) is 0 Å². The van der Waals surface area contributed by atoms with Gasteiger partial charge in [0.1, 0.15) is 10.6 Å². The van der Waals surface area contributed by atoms with Crippen molar-refractivity contribution in [2.45, 2.75) is 20.0 Å². The number of rotatable bonds is 5. The van der Waals surface area contributed by atoms with Crippen LogP contribution >= 0.6 is 11.3 Å². The molecule has 0 saturated heterocycles. The van der Waals surface area contributed by atoms with E-state index in [4.69, 9.17) is 9.47 Å². The van der Waals surface area contributed by atoms with Crippen molar-refractivity contribution in [1.82, 2.24) is 20.6 Å². The van der Waals surface area contributed by atoms with E-state index >= 15 is 0 Å². The second-order valence-electron chi connectivity index (χ2n) is 4.98. The average Bonchev–Trinajstić information content (AvgIpc) is 3.14. The number of tetrazole rings is 1. The van der Waals surface area contributed by atoms with Gasteiger partial charge in [0.05, 0.1) is 13.2 Å². The summed E-state index contributed by atoms with van der Waals surface area (Å²) in [4.78, 5) is 13.0. The minimum atomic E-state index is -0.345. The fourth-order valence-corrected chi connectivity index (χ4v) is 3.07. The number of nitrogens with zero attached hydrogens (tertiary/aromatic N) is 3. The Kier molecular flexibility index (Phi) is 6.16. The van der Waals surface area contributed by atoms with Gasteiger partial charge in [0.25, 0.3) is 11.9 Å². The number of H-pyrrole nitrogens is 1. The maximum atomic E-state index is 12.5. The largest absolute Gasteiger partial charge is 1.00 e. The summed E-state index contributed by atoms with van der Waals surface area (Å²) in [5.74, 6) is 0.997. The molecule has 0 bridgehead atoms. The number of ether oxygens (including phenoxy) is 2. The maximum Gasteiger partial charge on any atom is 1.00 e. The number of thiophene rings is 1. The number of aromatic nitrogens is 4. The van der Waals surface area contributed by atoms with Gasteiger partial charge < -0.3 is 9.47 Å². The van der Waals surface area contributed by atoms with Crippen molar-refractivity contribution < 1.29 is 43.8 Å². The fourth-order valence-electron chi connectivity index (χ4n) is 2.06. The molecular weight excluding hydrogens is 341 g/mol. The summed E-state index contributed by atoms with van der Waals surface area (Å²) in [5.41, 5.74) is 0. The first-order valence-electron chi connectivity index (χ1n) is 6.90. The molecular formula is C14H15N5NaO3S+. The number of aromatic amines is 1. The van der Waals surface area contributed by atoms with Gasteiger partial charge in [0, 0.05) is 10.1 Å². The number of benzene rings is 1. The number of nitrogens with one attached hydrogen (secondary N) is 2. The quantitative estimate of drug-likeness (QED) is 0.596. The molecule has 2 N–H and O–H groups in total. The van der Waals surface area contributed by atoms with E-state index in [-0.39, 0.29) is 47.5 Å². The molecule has 0 unspecified atom stereocenters. The number of amides is 1. The summed E-state index contributed by atoms with van der Waals surface area (Å²) >= 11 is 1.34. The third-order valence-electron chi connectivity index (χ3n) is 2.98. The minimum absolute atomic E-state index is 0. The van der Waals surface area contributed by atoms with Gasteiger partial charge in [0.2, 0.25) is 0 Å². The molecule has 0 atom stereocenters. The fraction of sp³-hybridized carbons (Fsp3) is 0.286. The minimum Gasteiger partial charge on any atom is -0.497 e. The molecule has 1 aromatic carbocycles. The van der Waals surface area contributed by atoms with Crippen LogP contribution in [-0.2, 0) is 0 Å². The average molecular weight is 356 g/mol. The summed E-state index contributed by atoms with van der Waals surface area (Å²) in [7, 11) is 1.60. The number of anilines is 1. The van der Waals surface area contributed by atoms with Gasteiger partial charge in [0.15, 0.2) is 5.75 Å². The van der Waals surface area contributed by atoms with Gasteiger partial charge in [-0.1, -0.05) is 5.10 Å². The van der Waals surface area contributed by atoms with Gasteiger partial charge in [-0.05, 0) is 37.3 Å². The third-order valence-corrected chi connectivity index (χ3v) is 4.13. The van der Waals surface area contributed by atoms with Crippen LogP contribution in [0.4, 0.5) is 5.95 Å². The van der Waals surface area contributed by atoms with Crippen LogP contribution in [0.15, 0.2) is 18.2 Å². The molecule has 120 valence electrons. The predicted octanol–water partition coefficient (Wildman–Crippen LogP) is -0.533. The third kappa shape index (κ3) is 3.86. The number of hydrogen-bond donors (Lipinski definition) is 2. The van der Waals surface area contributed by atoms with Crippen molar-refractivity contribution in [2.24, 2.45) is 0 Å². The monoisotopic (exact) mass is 356 g/mol. The van der Waals surface area contributed by atoms with E-state index in [1.807, 2.05) is 32.0 Å². The molecule has 1 amide bonds. The van der Waals surface area contributed by atoms with Gasteiger partial charge in [-0.2, -0.15) is 5.21 Å². The summed E-state index contributed by atoms with van der Waals surface area (Å²) in [5, 5.41) is 16.6. The van der Waals surface area contributed by atoms with Crippen molar-refractivity contribution in [1.29, 1.82) is 0 Å². The predicted molar refractivity (Wildman–Crippen MR) is 86.3 cm³/mol. The molecule has 3 rings (SSSR count). The number of fused-ring (bicyclic) bond motifs is 1. The van der Waals surface area contributed by atoms with Crippen molar-refractivity contribution in [3.8, 4) is 11.5 Å². The zero-order valence-corrected chi connectivity index (χ0v) is 16.6. The number of hydrogen-bond acceptors (Lipinski definition) is 7. The molecule has 0 aliphatic carbocycles. The van der Waals surface area contributed by atoms with E-state index in [2.05, 4.69) is 25.9 Å². The first kappa shape index (κ1) is 18.7. The number of methoxy groups -OCH3 is 1. The van der Waals surface area contributed by atoms with Gasteiger partial charge >= 0.3 is 29.6 Å². The zero-order valence-electron chi connectivity index (χ0n) is 13.8. The molecule has 10 heteroatoms. The summed E-state index contributed by atoms with van der Waals surface area (Å²) in [6.45, 7) is 3.81. The molecule has 0 spiro atoms. The Morgan fingerprint density at radius 2 is 2.17 bits per heavy atom. The Morgan fingerprint density at radius 1 is 1.38 bits per heavy atom. The van der Waals surface area contributed by atoms with Gasteiger partial charge in [-0.15, -0.1) is 16.4 Å². The smallest absolute Gasteiger partial charge is 0.497 e. The molecule has 2 heterocycles. The summed E-state index contributed by atoms with van der Waals surface area (Å²) in [6, 6.07) is 5.60. The summed E-state index contributed by atoms with van der Waals surface area (Å²) in [6.07, 6.45) is -0.0734. The van der Waals surface area contributed by atoms with E-state index < -0.39 is 0 Å². The Bertz CT molecular complexity index is 834. The van der Waals surface area contributed by atoms with Crippen LogP contribution in [0.5, 0.6) is 11.5 Å². The van der Waals surface area contributed by atoms with Crippen molar-refractivity contribution in [2.75, 3.05) is 12.4 Å². The molecule has 0 fully saturated rings.